The Morgan fingerprint density at radius 3 is 2.31 bits per heavy atom. The van der Waals surface area contributed by atoms with Gasteiger partial charge in [-0.3, -0.25) is 14.6 Å². The topological polar surface area (TPSA) is 117 Å². The van der Waals surface area contributed by atoms with Gasteiger partial charge in [0.2, 0.25) is 12.3 Å². The summed E-state index contributed by atoms with van der Waals surface area (Å²) in [4.78, 5) is 27.4. The van der Waals surface area contributed by atoms with E-state index in [1.165, 1.54) is 30.5 Å². The van der Waals surface area contributed by atoms with Crippen molar-refractivity contribution in [1.29, 1.82) is 0 Å². The van der Waals surface area contributed by atoms with Crippen LogP contribution >= 0.6 is 0 Å². The van der Waals surface area contributed by atoms with Crippen molar-refractivity contribution in [1.82, 2.24) is 10.3 Å². The van der Waals surface area contributed by atoms with E-state index in [-0.39, 0.29) is 29.5 Å². The molecular formula is C23H23N3O5S. The van der Waals surface area contributed by atoms with Gasteiger partial charge in [-0.2, -0.15) is 0 Å². The quantitative estimate of drug-likeness (QED) is 0.453. The van der Waals surface area contributed by atoms with Crippen molar-refractivity contribution in [2.75, 3.05) is 10.8 Å². The van der Waals surface area contributed by atoms with Gasteiger partial charge in [-0.05, 0) is 41.8 Å². The molecule has 0 bridgehead atoms. The molecule has 1 heterocycles. The van der Waals surface area contributed by atoms with Gasteiger partial charge in [0.25, 0.3) is 10.0 Å². The maximum Gasteiger partial charge on any atom is 0.270 e. The van der Waals surface area contributed by atoms with Crippen LogP contribution in [0.4, 0.5) is 5.69 Å². The predicted molar refractivity (Wildman–Crippen MR) is 119 cm³/mol. The Morgan fingerprint density at radius 1 is 1.00 bits per heavy atom. The maximum absolute atomic E-state index is 12.9. The zero-order valence-electron chi connectivity index (χ0n) is 17.2. The Hall–Kier alpha value is -3.56. The summed E-state index contributed by atoms with van der Waals surface area (Å²) in [6.45, 7) is 0.128. The first-order valence-electron chi connectivity index (χ1n) is 9.89. The second-order valence-corrected chi connectivity index (χ2v) is 8.79. The van der Waals surface area contributed by atoms with E-state index in [1.54, 1.807) is 12.1 Å². The number of carbonyl (C=O) groups is 2. The van der Waals surface area contributed by atoms with Crippen LogP contribution in [0.1, 0.15) is 16.8 Å². The fourth-order valence-corrected chi connectivity index (χ4v) is 4.23. The van der Waals surface area contributed by atoms with Crippen LogP contribution < -0.4 is 9.62 Å². The first-order valence-corrected chi connectivity index (χ1v) is 11.3. The molecule has 32 heavy (non-hydrogen) atoms. The van der Waals surface area contributed by atoms with Gasteiger partial charge in [-0.15, -0.1) is 0 Å². The Labute approximate surface area is 186 Å². The highest BCUT2D eigenvalue weighted by Crippen LogP contribution is 2.22. The van der Waals surface area contributed by atoms with Crippen LogP contribution in [-0.4, -0.2) is 37.4 Å². The number of pyridine rings is 1. The summed E-state index contributed by atoms with van der Waals surface area (Å²) in [5.74, 6) is -0.0853. The van der Waals surface area contributed by atoms with Crippen molar-refractivity contribution < 1.29 is 23.1 Å². The molecule has 3 aromatic rings. The summed E-state index contributed by atoms with van der Waals surface area (Å²) in [5, 5.41) is 11.9. The fourth-order valence-electron chi connectivity index (χ4n) is 3.03. The molecule has 0 saturated heterocycles. The minimum atomic E-state index is -4.12. The highest BCUT2D eigenvalue weighted by molar-refractivity contribution is 7.93. The van der Waals surface area contributed by atoms with Gasteiger partial charge in [0.15, 0.2) is 0 Å². The van der Waals surface area contributed by atoms with Crippen molar-refractivity contribution in [3.63, 3.8) is 0 Å². The molecule has 0 atom stereocenters. The molecule has 3 rings (SSSR count). The Kier molecular flexibility index (Phi) is 7.69. The number of aliphatic hydroxyl groups excluding tert-OH is 1. The van der Waals surface area contributed by atoms with Crippen molar-refractivity contribution >= 4 is 28.0 Å². The van der Waals surface area contributed by atoms with Crippen molar-refractivity contribution in [3.8, 4) is 0 Å². The van der Waals surface area contributed by atoms with Crippen molar-refractivity contribution in [3.05, 3.63) is 89.7 Å². The van der Waals surface area contributed by atoms with Crippen LogP contribution in [0.3, 0.4) is 0 Å². The van der Waals surface area contributed by atoms with E-state index in [4.69, 9.17) is 5.11 Å². The monoisotopic (exact) mass is 453 g/mol. The summed E-state index contributed by atoms with van der Waals surface area (Å²) in [6, 6.07) is 18.4. The molecule has 0 spiro atoms. The van der Waals surface area contributed by atoms with Gasteiger partial charge >= 0.3 is 0 Å². The molecule has 166 valence electrons. The SMILES string of the molecule is O=CN(c1ccc(CO)nc1)S(=O)(=O)c1ccc(CCNC(=O)Cc2ccccc2)cc1. The van der Waals surface area contributed by atoms with Crippen LogP contribution in [0.15, 0.2) is 77.8 Å². The van der Waals surface area contributed by atoms with Gasteiger partial charge in [0.1, 0.15) is 0 Å². The summed E-state index contributed by atoms with van der Waals surface area (Å²) in [6.07, 6.45) is 2.25. The van der Waals surface area contributed by atoms with Crippen LogP contribution in [0.25, 0.3) is 0 Å². The first kappa shape index (κ1) is 23.1. The molecule has 0 aliphatic heterocycles. The molecule has 0 aliphatic carbocycles. The van der Waals surface area contributed by atoms with Crippen LogP contribution in [-0.2, 0) is 39.1 Å². The number of sulfonamides is 1. The zero-order chi connectivity index (χ0) is 23.0. The second kappa shape index (κ2) is 10.7. The number of rotatable bonds is 10. The highest BCUT2D eigenvalue weighted by Gasteiger charge is 2.25. The zero-order valence-corrected chi connectivity index (χ0v) is 18.0. The van der Waals surface area contributed by atoms with E-state index in [0.29, 0.717) is 29.4 Å². The third-order valence-corrected chi connectivity index (χ3v) is 6.43. The average molecular weight is 454 g/mol. The number of amides is 2. The Balaban J connectivity index is 1.60. The number of aliphatic hydroxyl groups is 1. The molecule has 0 radical (unpaired) electrons. The average Bonchev–Trinajstić information content (AvgIpc) is 2.81. The number of nitrogens with one attached hydrogen (secondary N) is 1. The number of carbonyl (C=O) groups excluding carboxylic acids is 2. The van der Waals surface area contributed by atoms with E-state index in [0.717, 1.165) is 11.1 Å². The molecule has 9 heteroatoms. The molecule has 0 saturated carbocycles. The number of aromatic nitrogens is 1. The van der Waals surface area contributed by atoms with Crippen LogP contribution in [0.5, 0.6) is 0 Å². The third kappa shape index (κ3) is 5.77. The molecule has 1 aromatic heterocycles. The third-order valence-electron chi connectivity index (χ3n) is 4.74. The lowest BCUT2D eigenvalue weighted by Gasteiger charge is -2.17. The smallest absolute Gasteiger partial charge is 0.270 e. The number of nitrogens with zero attached hydrogens (tertiary/aromatic N) is 2. The van der Waals surface area contributed by atoms with E-state index < -0.39 is 10.0 Å². The number of anilines is 1. The van der Waals surface area contributed by atoms with Gasteiger partial charge in [-0.25, -0.2) is 12.7 Å². The molecule has 0 fully saturated rings. The minimum absolute atomic E-state index is 0.0484. The summed E-state index contributed by atoms with van der Waals surface area (Å²) in [5.41, 5.74) is 2.20. The minimum Gasteiger partial charge on any atom is -0.390 e. The van der Waals surface area contributed by atoms with Crippen molar-refractivity contribution in [2.24, 2.45) is 0 Å². The van der Waals surface area contributed by atoms with Gasteiger partial charge < -0.3 is 10.4 Å². The normalized spacial score (nSPS) is 11.0. The lowest BCUT2D eigenvalue weighted by atomic mass is 10.1. The number of benzene rings is 2. The lowest BCUT2D eigenvalue weighted by molar-refractivity contribution is -0.120. The molecule has 0 unspecified atom stereocenters. The standard InChI is InChI=1S/C23H23N3O5S/c27-16-20-8-9-21(15-25-20)26(17-28)32(30,31)22-10-6-18(7-11-22)12-13-24-23(29)14-19-4-2-1-3-5-19/h1-11,15,17,27H,12-14,16H2,(H,24,29). The molecule has 2 N–H and O–H groups in total. The fraction of sp³-hybridized carbons (Fsp3) is 0.174. The Morgan fingerprint density at radius 2 is 1.72 bits per heavy atom. The van der Waals surface area contributed by atoms with Gasteiger partial charge in [0, 0.05) is 6.54 Å². The molecule has 8 nitrogen and oxygen atoms in total. The summed E-state index contributed by atoms with van der Waals surface area (Å²) in [7, 11) is -4.12. The molecular weight excluding hydrogens is 430 g/mol. The van der Waals surface area contributed by atoms with Gasteiger partial charge in [-0.1, -0.05) is 42.5 Å². The predicted octanol–water partition coefficient (Wildman–Crippen LogP) is 1.83. The van der Waals surface area contributed by atoms with Gasteiger partial charge in [0.05, 0.1) is 35.5 Å². The van der Waals surface area contributed by atoms with E-state index in [9.17, 15) is 18.0 Å². The largest absolute Gasteiger partial charge is 0.390 e. The van der Waals surface area contributed by atoms with Crippen LogP contribution in [0, 0.1) is 0 Å². The second-order valence-electron chi connectivity index (χ2n) is 6.98. The molecule has 0 aliphatic rings. The maximum atomic E-state index is 12.9. The number of hydrogen-bond acceptors (Lipinski definition) is 6. The van der Waals surface area contributed by atoms with E-state index >= 15 is 0 Å². The molecule has 2 amide bonds. The highest BCUT2D eigenvalue weighted by atomic mass is 32.2. The van der Waals surface area contributed by atoms with E-state index in [1.807, 2.05) is 30.3 Å². The Bertz CT molecular complexity index is 1150. The number of hydrogen-bond donors (Lipinski definition) is 2. The lowest BCUT2D eigenvalue weighted by Crippen LogP contribution is -2.29. The summed E-state index contributed by atoms with van der Waals surface area (Å²) >= 11 is 0. The summed E-state index contributed by atoms with van der Waals surface area (Å²) < 4.78 is 26.3. The van der Waals surface area contributed by atoms with E-state index in [2.05, 4.69) is 10.3 Å². The molecule has 2 aromatic carbocycles. The first-order chi connectivity index (χ1) is 15.4. The van der Waals surface area contributed by atoms with Crippen LogP contribution in [0.2, 0.25) is 0 Å². The van der Waals surface area contributed by atoms with Crippen molar-refractivity contribution in [2.45, 2.75) is 24.3 Å².